The summed E-state index contributed by atoms with van der Waals surface area (Å²) in [5.41, 5.74) is 2.46. The summed E-state index contributed by atoms with van der Waals surface area (Å²) in [5, 5.41) is 22.2. The maximum absolute atomic E-state index is 12.0. The molecule has 0 spiro atoms. The molecule has 150 valence electrons. The van der Waals surface area contributed by atoms with Crippen molar-refractivity contribution in [2.75, 3.05) is 11.9 Å². The number of hydrogen-bond acceptors (Lipinski definition) is 4. The molecule has 1 aliphatic rings. The number of allylic oxidation sites excluding steroid dienone is 2. The van der Waals surface area contributed by atoms with Crippen molar-refractivity contribution in [2.45, 2.75) is 58.8 Å². The lowest BCUT2D eigenvalue weighted by Crippen LogP contribution is -2.22. The Morgan fingerprint density at radius 2 is 1.93 bits per heavy atom. The molecule has 2 rings (SSSR count). The molecule has 1 aromatic carbocycles. The summed E-state index contributed by atoms with van der Waals surface area (Å²) >= 11 is 3.34. The Kier molecular flexibility index (Phi) is 8.21. The molecule has 27 heavy (non-hydrogen) atoms. The van der Waals surface area contributed by atoms with E-state index in [4.69, 9.17) is 4.74 Å². The van der Waals surface area contributed by atoms with Crippen molar-refractivity contribution in [1.29, 1.82) is 0 Å². The number of halogens is 1. The predicted molar refractivity (Wildman–Crippen MR) is 112 cm³/mol. The number of phenolic OH excluding ortho intramolecular Hbond substituents is 2. The molecule has 0 fully saturated rings. The van der Waals surface area contributed by atoms with Gasteiger partial charge < -0.3 is 14.9 Å². The van der Waals surface area contributed by atoms with Crippen LogP contribution in [0.5, 0.6) is 11.5 Å². The summed E-state index contributed by atoms with van der Waals surface area (Å²) in [5.74, 6) is 0.709. The zero-order valence-electron chi connectivity index (χ0n) is 16.5. The van der Waals surface area contributed by atoms with Gasteiger partial charge in [0, 0.05) is 10.9 Å². The van der Waals surface area contributed by atoms with E-state index in [-0.39, 0.29) is 29.8 Å². The maximum Gasteiger partial charge on any atom is 0.310 e. The molecule has 1 aliphatic carbocycles. The van der Waals surface area contributed by atoms with Crippen molar-refractivity contribution in [3.63, 3.8) is 0 Å². The lowest BCUT2D eigenvalue weighted by molar-refractivity contribution is -0.142. The molecule has 2 atom stereocenters. The topological polar surface area (TPSA) is 66.8 Å². The van der Waals surface area contributed by atoms with Crippen LogP contribution in [0.2, 0.25) is 0 Å². The number of phenols is 2. The minimum absolute atomic E-state index is 0.0485. The van der Waals surface area contributed by atoms with Crippen LogP contribution in [0.25, 0.3) is 0 Å². The van der Waals surface area contributed by atoms with Gasteiger partial charge in [-0.15, -0.1) is 0 Å². The van der Waals surface area contributed by atoms with Gasteiger partial charge in [-0.2, -0.15) is 0 Å². The second kappa shape index (κ2) is 10.2. The fourth-order valence-electron chi connectivity index (χ4n) is 3.90. The summed E-state index contributed by atoms with van der Waals surface area (Å²) in [6.45, 7) is 6.85. The number of aromatic hydroxyl groups is 2. The molecular formula is C22H31BrO4. The third-order valence-corrected chi connectivity index (χ3v) is 5.92. The zero-order valence-corrected chi connectivity index (χ0v) is 18.1. The first-order valence-electron chi connectivity index (χ1n) is 9.75. The molecule has 1 aromatic rings. The zero-order chi connectivity index (χ0) is 20.0. The first-order chi connectivity index (χ1) is 12.8. The summed E-state index contributed by atoms with van der Waals surface area (Å²) in [4.78, 5) is 12.0. The van der Waals surface area contributed by atoms with Gasteiger partial charge in [0.05, 0.1) is 13.0 Å². The van der Waals surface area contributed by atoms with E-state index in [9.17, 15) is 15.0 Å². The number of carbonyl (C=O) groups is 1. The molecule has 0 amide bonds. The van der Waals surface area contributed by atoms with Crippen molar-refractivity contribution < 1.29 is 19.7 Å². The van der Waals surface area contributed by atoms with E-state index in [1.54, 1.807) is 12.1 Å². The van der Waals surface area contributed by atoms with E-state index in [0.717, 1.165) is 31.0 Å². The predicted octanol–water partition coefficient (Wildman–Crippen LogP) is 5.45. The number of hydrogen-bond donors (Lipinski definition) is 2. The van der Waals surface area contributed by atoms with Crippen LogP contribution in [0.4, 0.5) is 0 Å². The lowest BCUT2D eigenvalue weighted by atomic mass is 9.70. The highest BCUT2D eigenvalue weighted by Crippen LogP contribution is 2.47. The van der Waals surface area contributed by atoms with Crippen molar-refractivity contribution in [3.05, 3.63) is 34.9 Å². The van der Waals surface area contributed by atoms with Gasteiger partial charge in [0.1, 0.15) is 11.5 Å². The van der Waals surface area contributed by atoms with Crippen LogP contribution in [-0.2, 0) is 16.0 Å². The minimum Gasteiger partial charge on any atom is -0.508 e. The first kappa shape index (κ1) is 21.8. The molecule has 0 heterocycles. The largest absolute Gasteiger partial charge is 0.508 e. The van der Waals surface area contributed by atoms with Crippen LogP contribution < -0.4 is 0 Å². The normalized spacial score (nSPS) is 19.8. The minimum atomic E-state index is -0.340. The van der Waals surface area contributed by atoms with Gasteiger partial charge >= 0.3 is 5.97 Å². The Hall–Kier alpha value is -1.49. The number of carbonyl (C=O) groups excluding carboxylic acids is 1. The van der Waals surface area contributed by atoms with Crippen LogP contribution >= 0.6 is 15.9 Å². The Morgan fingerprint density at radius 3 is 2.52 bits per heavy atom. The molecule has 0 unspecified atom stereocenters. The van der Waals surface area contributed by atoms with Gasteiger partial charge in [-0.3, -0.25) is 4.79 Å². The highest BCUT2D eigenvalue weighted by atomic mass is 79.9. The highest BCUT2D eigenvalue weighted by molar-refractivity contribution is 9.09. The van der Waals surface area contributed by atoms with E-state index < -0.39 is 0 Å². The monoisotopic (exact) mass is 438 g/mol. The van der Waals surface area contributed by atoms with Crippen LogP contribution in [0.1, 0.15) is 63.5 Å². The van der Waals surface area contributed by atoms with Gasteiger partial charge in [-0.1, -0.05) is 41.4 Å². The fourth-order valence-corrected chi connectivity index (χ4v) is 4.29. The van der Waals surface area contributed by atoms with Crippen molar-refractivity contribution in [3.8, 4) is 11.5 Å². The van der Waals surface area contributed by atoms with Gasteiger partial charge in [0.15, 0.2) is 0 Å². The number of ether oxygens (including phenoxy) is 1. The van der Waals surface area contributed by atoms with Crippen LogP contribution in [0, 0.1) is 11.8 Å². The Morgan fingerprint density at radius 1 is 1.26 bits per heavy atom. The number of alkyl halides is 1. The standard InChI is InChI=1S/C22H31BrO4/c1-14(2)17-7-6-15(3)10-18(17)22-19(24)11-16(12-20(22)25)13-21(26)27-9-5-4-8-23/h6,11-12,14,17-18,24-25H,4-5,7-10,13H2,1-3H3/t17-,18+/m0/s1. The number of esters is 1. The van der Waals surface area contributed by atoms with E-state index in [2.05, 4.69) is 42.8 Å². The molecular weight excluding hydrogens is 408 g/mol. The fraction of sp³-hybridized carbons (Fsp3) is 0.591. The SMILES string of the molecule is CC1=CC[C@@H](C(C)C)[C@H](c2c(O)cc(CC(=O)OCCCCBr)cc2O)C1. The smallest absolute Gasteiger partial charge is 0.310 e. The molecule has 2 N–H and O–H groups in total. The van der Waals surface area contributed by atoms with Gasteiger partial charge in [-0.25, -0.2) is 0 Å². The van der Waals surface area contributed by atoms with Gasteiger partial charge in [0.2, 0.25) is 0 Å². The second-order valence-electron chi connectivity index (χ2n) is 7.85. The first-order valence-corrected chi connectivity index (χ1v) is 10.9. The van der Waals surface area contributed by atoms with Crippen molar-refractivity contribution in [1.82, 2.24) is 0 Å². The van der Waals surface area contributed by atoms with E-state index in [1.807, 2.05) is 0 Å². The summed E-state index contributed by atoms with van der Waals surface area (Å²) in [7, 11) is 0. The number of rotatable bonds is 8. The molecule has 0 aromatic heterocycles. The summed E-state index contributed by atoms with van der Waals surface area (Å²) < 4.78 is 5.21. The second-order valence-corrected chi connectivity index (χ2v) is 8.64. The molecule has 0 bridgehead atoms. The van der Waals surface area contributed by atoms with Crippen molar-refractivity contribution in [2.24, 2.45) is 11.8 Å². The molecule has 0 saturated heterocycles. The maximum atomic E-state index is 12.0. The van der Waals surface area contributed by atoms with E-state index >= 15 is 0 Å². The highest BCUT2D eigenvalue weighted by Gasteiger charge is 2.32. The number of unbranched alkanes of at least 4 members (excludes halogenated alkanes) is 1. The third kappa shape index (κ3) is 6.00. The molecule has 0 saturated carbocycles. The Labute approximate surface area is 170 Å². The van der Waals surface area contributed by atoms with Crippen molar-refractivity contribution >= 4 is 21.9 Å². The molecule has 5 heteroatoms. The van der Waals surface area contributed by atoms with Gasteiger partial charge in [-0.05, 0) is 68.1 Å². The van der Waals surface area contributed by atoms with E-state index in [0.29, 0.717) is 29.6 Å². The third-order valence-electron chi connectivity index (χ3n) is 5.36. The van der Waals surface area contributed by atoms with Crippen LogP contribution in [0.15, 0.2) is 23.8 Å². The number of benzene rings is 1. The molecule has 0 aliphatic heterocycles. The average Bonchev–Trinajstić information content (AvgIpc) is 2.58. The summed E-state index contributed by atoms with van der Waals surface area (Å²) in [6.07, 6.45) is 5.87. The molecule has 0 radical (unpaired) electrons. The average molecular weight is 439 g/mol. The quantitative estimate of drug-likeness (QED) is 0.245. The van der Waals surface area contributed by atoms with Gasteiger partial charge in [0.25, 0.3) is 0 Å². The lowest BCUT2D eigenvalue weighted by Gasteiger charge is -2.34. The van der Waals surface area contributed by atoms with E-state index in [1.165, 1.54) is 5.57 Å². The van der Waals surface area contributed by atoms with Crippen LogP contribution in [-0.4, -0.2) is 28.1 Å². The Balaban J connectivity index is 2.14. The summed E-state index contributed by atoms with van der Waals surface area (Å²) in [6, 6.07) is 3.19. The van der Waals surface area contributed by atoms with Crippen LogP contribution in [0.3, 0.4) is 0 Å². The Bertz CT molecular complexity index is 658. The molecule has 4 nitrogen and oxygen atoms in total.